The van der Waals surface area contributed by atoms with Gasteiger partial charge in [-0.25, -0.2) is 15.0 Å². The van der Waals surface area contributed by atoms with Crippen LogP contribution >= 0.6 is 0 Å². The van der Waals surface area contributed by atoms with Gasteiger partial charge in [0.25, 0.3) is 0 Å². The smallest absolute Gasteiger partial charge is 0.160 e. The summed E-state index contributed by atoms with van der Waals surface area (Å²) in [5, 5.41) is 4.32. The van der Waals surface area contributed by atoms with Crippen LogP contribution in [-0.2, 0) is 0 Å². The van der Waals surface area contributed by atoms with Gasteiger partial charge < -0.3 is 4.42 Å². The van der Waals surface area contributed by atoms with Crippen LogP contribution in [0.5, 0.6) is 0 Å². The molecule has 0 fully saturated rings. The van der Waals surface area contributed by atoms with Gasteiger partial charge in [0.05, 0.1) is 28.0 Å². The molecule has 0 saturated carbocycles. The zero-order chi connectivity index (χ0) is 39.1. The van der Waals surface area contributed by atoms with Crippen molar-refractivity contribution in [3.05, 3.63) is 212 Å². The third-order valence-electron chi connectivity index (χ3n) is 11.1. The van der Waals surface area contributed by atoms with E-state index in [1.807, 2.05) is 42.5 Å². The minimum Gasteiger partial charge on any atom is -0.455 e. The molecule has 0 unspecified atom stereocenters. The Labute approximate surface area is 341 Å². The monoisotopic (exact) mass is 753 g/mol. The third kappa shape index (κ3) is 6.34. The predicted octanol–water partition coefficient (Wildman–Crippen LogP) is 14.6. The lowest BCUT2D eigenvalue weighted by Crippen LogP contribution is -1.95. The maximum Gasteiger partial charge on any atom is 0.160 e. The second-order valence-electron chi connectivity index (χ2n) is 14.8. The topological polar surface area (TPSA) is 51.8 Å². The third-order valence-corrected chi connectivity index (χ3v) is 11.1. The van der Waals surface area contributed by atoms with Crippen molar-refractivity contribution >= 4 is 32.6 Å². The van der Waals surface area contributed by atoms with Crippen LogP contribution in [-0.4, -0.2) is 15.0 Å². The first-order chi connectivity index (χ1) is 29.2. The molecule has 0 spiro atoms. The van der Waals surface area contributed by atoms with Crippen molar-refractivity contribution in [3.63, 3.8) is 0 Å². The van der Waals surface area contributed by atoms with Crippen molar-refractivity contribution in [2.75, 3.05) is 0 Å². The summed E-state index contributed by atoms with van der Waals surface area (Å²) < 4.78 is 7.11. The van der Waals surface area contributed by atoms with Crippen LogP contribution in [0.1, 0.15) is 0 Å². The molecule has 0 amide bonds. The SMILES string of the molecule is c1ccc(-c2cc(-c3ccc(-c4ccc5nc(-c6ccc7ccccc7c6)c6c(-c7ccccc7)c(-c7ccccc7)oc6c5c4)cc3)nc(-c3ccccc3)n2)cc1. The van der Waals surface area contributed by atoms with Crippen molar-refractivity contribution in [2.45, 2.75) is 0 Å². The number of pyridine rings is 1. The molecule has 0 saturated heterocycles. The molecule has 3 heterocycles. The Bertz CT molecular complexity index is 3230. The average Bonchev–Trinajstić information content (AvgIpc) is 3.73. The van der Waals surface area contributed by atoms with Crippen molar-refractivity contribution in [1.29, 1.82) is 0 Å². The number of hydrogen-bond donors (Lipinski definition) is 0. The molecule has 59 heavy (non-hydrogen) atoms. The summed E-state index contributed by atoms with van der Waals surface area (Å²) in [7, 11) is 0. The highest BCUT2D eigenvalue weighted by atomic mass is 16.3. The van der Waals surface area contributed by atoms with E-state index in [1.54, 1.807) is 0 Å². The first kappa shape index (κ1) is 34.3. The highest BCUT2D eigenvalue weighted by Crippen LogP contribution is 2.47. The molecule has 4 heteroatoms. The number of fused-ring (bicyclic) bond motifs is 4. The van der Waals surface area contributed by atoms with Gasteiger partial charge >= 0.3 is 0 Å². The minimum absolute atomic E-state index is 0.698. The van der Waals surface area contributed by atoms with E-state index in [9.17, 15) is 0 Å². The van der Waals surface area contributed by atoms with Crippen molar-refractivity contribution in [2.24, 2.45) is 0 Å². The lowest BCUT2D eigenvalue weighted by atomic mass is 9.93. The van der Waals surface area contributed by atoms with E-state index in [1.165, 1.54) is 10.8 Å². The molecule has 0 aliphatic carbocycles. The summed E-state index contributed by atoms with van der Waals surface area (Å²) in [5.41, 5.74) is 13.7. The van der Waals surface area contributed by atoms with Crippen LogP contribution in [0.4, 0.5) is 0 Å². The average molecular weight is 754 g/mol. The van der Waals surface area contributed by atoms with Crippen LogP contribution in [0.25, 0.3) is 111 Å². The maximum absolute atomic E-state index is 7.11. The molecule has 276 valence electrons. The summed E-state index contributed by atoms with van der Waals surface area (Å²) in [4.78, 5) is 15.5. The molecule has 0 radical (unpaired) electrons. The fourth-order valence-corrected chi connectivity index (χ4v) is 8.14. The quantitative estimate of drug-likeness (QED) is 0.163. The molecule has 0 aliphatic rings. The molecule has 11 rings (SSSR count). The largest absolute Gasteiger partial charge is 0.455 e. The molecule has 3 aromatic heterocycles. The van der Waals surface area contributed by atoms with Gasteiger partial charge in [-0.15, -0.1) is 0 Å². The van der Waals surface area contributed by atoms with Crippen molar-refractivity contribution < 1.29 is 4.42 Å². The molecule has 0 aliphatic heterocycles. The van der Waals surface area contributed by atoms with Crippen molar-refractivity contribution in [1.82, 2.24) is 15.0 Å². The normalized spacial score (nSPS) is 11.4. The van der Waals surface area contributed by atoms with Gasteiger partial charge in [0.1, 0.15) is 11.3 Å². The van der Waals surface area contributed by atoms with Gasteiger partial charge in [0, 0.05) is 38.8 Å². The number of nitrogens with zero attached hydrogens (tertiary/aromatic N) is 3. The van der Waals surface area contributed by atoms with Crippen LogP contribution in [0, 0.1) is 0 Å². The van der Waals surface area contributed by atoms with Crippen LogP contribution in [0.2, 0.25) is 0 Å². The van der Waals surface area contributed by atoms with E-state index in [0.29, 0.717) is 5.82 Å². The summed E-state index contributed by atoms with van der Waals surface area (Å²) >= 11 is 0. The summed E-state index contributed by atoms with van der Waals surface area (Å²) in [6.45, 7) is 0. The van der Waals surface area contributed by atoms with Gasteiger partial charge in [-0.1, -0.05) is 188 Å². The summed E-state index contributed by atoms with van der Waals surface area (Å²) in [6, 6.07) is 73.7. The molecule has 8 aromatic carbocycles. The number of benzene rings is 8. The lowest BCUT2D eigenvalue weighted by Gasteiger charge is -2.12. The van der Waals surface area contributed by atoms with E-state index in [4.69, 9.17) is 19.4 Å². The first-order valence-electron chi connectivity index (χ1n) is 19.8. The second-order valence-corrected chi connectivity index (χ2v) is 14.8. The lowest BCUT2D eigenvalue weighted by molar-refractivity contribution is 0.636. The molecular weight excluding hydrogens is 719 g/mol. The van der Waals surface area contributed by atoms with Gasteiger partial charge in [-0.05, 0) is 51.7 Å². The number of aromatic nitrogens is 3. The van der Waals surface area contributed by atoms with Crippen LogP contribution in [0.15, 0.2) is 217 Å². The van der Waals surface area contributed by atoms with Gasteiger partial charge in [-0.3, -0.25) is 0 Å². The summed E-state index contributed by atoms with van der Waals surface area (Å²) in [5.74, 6) is 1.52. The van der Waals surface area contributed by atoms with E-state index in [0.717, 1.165) is 94.8 Å². The van der Waals surface area contributed by atoms with Crippen LogP contribution < -0.4 is 0 Å². The highest BCUT2D eigenvalue weighted by Gasteiger charge is 2.25. The Morgan fingerprint density at radius 3 is 1.54 bits per heavy atom. The number of furan rings is 1. The number of hydrogen-bond acceptors (Lipinski definition) is 4. The molecule has 11 aromatic rings. The zero-order valence-electron chi connectivity index (χ0n) is 32.0. The molecule has 0 bridgehead atoms. The first-order valence-corrected chi connectivity index (χ1v) is 19.8. The van der Waals surface area contributed by atoms with Gasteiger partial charge in [0.2, 0.25) is 0 Å². The Morgan fingerprint density at radius 2 is 0.864 bits per heavy atom. The standard InChI is InChI=1S/C55H35N3O/c1-5-16-38(17-6-1)48-35-49(58-55(57-48)42-22-11-4-12-23-42)39-28-25-37(26-29-39)44-31-32-47-46(34-44)54-51(52(56-47)45-30-27-36-15-13-14-24-43(36)33-45)50(40-18-7-2-8-19-40)53(59-54)41-20-9-3-10-21-41/h1-35H. The van der Waals surface area contributed by atoms with E-state index >= 15 is 0 Å². The Kier molecular flexibility index (Phi) is 8.45. The zero-order valence-corrected chi connectivity index (χ0v) is 32.0. The van der Waals surface area contributed by atoms with E-state index in [2.05, 4.69) is 170 Å². The summed E-state index contributed by atoms with van der Waals surface area (Å²) in [6.07, 6.45) is 0. The van der Waals surface area contributed by atoms with Crippen LogP contribution in [0.3, 0.4) is 0 Å². The number of rotatable bonds is 7. The maximum atomic E-state index is 7.11. The Balaban J connectivity index is 1.08. The second kappa shape index (κ2) is 14.5. The minimum atomic E-state index is 0.698. The highest BCUT2D eigenvalue weighted by molar-refractivity contribution is 6.17. The fourth-order valence-electron chi connectivity index (χ4n) is 8.14. The van der Waals surface area contributed by atoms with Gasteiger partial charge in [0.15, 0.2) is 5.82 Å². The Hall–Kier alpha value is -7.95. The molecule has 4 nitrogen and oxygen atoms in total. The van der Waals surface area contributed by atoms with Crippen molar-refractivity contribution in [3.8, 4) is 78.7 Å². The molecule has 0 atom stereocenters. The van der Waals surface area contributed by atoms with E-state index < -0.39 is 0 Å². The fraction of sp³-hybridized carbons (Fsp3) is 0. The predicted molar refractivity (Wildman–Crippen MR) is 243 cm³/mol. The van der Waals surface area contributed by atoms with E-state index in [-0.39, 0.29) is 0 Å². The molecule has 0 N–H and O–H groups in total. The Morgan fingerprint density at radius 1 is 0.339 bits per heavy atom. The molecular formula is C55H35N3O. The van der Waals surface area contributed by atoms with Gasteiger partial charge in [-0.2, -0.15) is 0 Å².